The third-order valence-corrected chi connectivity index (χ3v) is 4.03. The van der Waals surface area contributed by atoms with Crippen molar-refractivity contribution in [2.45, 2.75) is 45.4 Å². The maximum Gasteiger partial charge on any atom is 0.170 e. The van der Waals surface area contributed by atoms with Crippen LogP contribution in [-0.2, 0) is 5.41 Å². The Kier molecular flexibility index (Phi) is 4.46. The van der Waals surface area contributed by atoms with Crippen molar-refractivity contribution in [2.75, 3.05) is 11.9 Å². The number of thiocarbonyl (C=S) groups is 1. The highest BCUT2D eigenvalue weighted by molar-refractivity contribution is 7.80. The number of benzene rings is 1. The van der Waals surface area contributed by atoms with Gasteiger partial charge in [-0.3, -0.25) is 0 Å². The van der Waals surface area contributed by atoms with E-state index in [0.717, 1.165) is 23.3 Å². The van der Waals surface area contributed by atoms with Gasteiger partial charge in [-0.2, -0.15) is 0 Å². The Balaban J connectivity index is 1.83. The number of rotatable bonds is 3. The van der Waals surface area contributed by atoms with Crippen molar-refractivity contribution >= 4 is 23.0 Å². The van der Waals surface area contributed by atoms with Crippen LogP contribution in [0.15, 0.2) is 24.3 Å². The molecule has 2 nitrogen and oxygen atoms in total. The van der Waals surface area contributed by atoms with Crippen molar-refractivity contribution in [2.24, 2.45) is 5.92 Å². The lowest BCUT2D eigenvalue weighted by atomic mass is 9.85. The van der Waals surface area contributed by atoms with E-state index < -0.39 is 0 Å². The zero-order chi connectivity index (χ0) is 13.9. The van der Waals surface area contributed by atoms with Gasteiger partial charge in [-0.1, -0.05) is 39.3 Å². The molecule has 19 heavy (non-hydrogen) atoms. The van der Waals surface area contributed by atoms with Crippen LogP contribution < -0.4 is 10.6 Å². The summed E-state index contributed by atoms with van der Waals surface area (Å²) in [6, 6.07) is 8.52. The molecule has 2 N–H and O–H groups in total. The minimum absolute atomic E-state index is 0.196. The summed E-state index contributed by atoms with van der Waals surface area (Å²) >= 11 is 5.31. The Morgan fingerprint density at radius 3 is 2.32 bits per heavy atom. The summed E-state index contributed by atoms with van der Waals surface area (Å²) in [4.78, 5) is 0. The topological polar surface area (TPSA) is 24.1 Å². The van der Waals surface area contributed by atoms with Crippen LogP contribution >= 0.6 is 12.2 Å². The Labute approximate surface area is 122 Å². The van der Waals surface area contributed by atoms with Gasteiger partial charge < -0.3 is 10.6 Å². The second-order valence-corrected chi connectivity index (χ2v) is 6.87. The monoisotopic (exact) mass is 276 g/mol. The van der Waals surface area contributed by atoms with E-state index >= 15 is 0 Å². The molecule has 0 atom stereocenters. The SMILES string of the molecule is CC(C)(C)c1ccc(NC(=S)NCC2CCC2)cc1. The minimum Gasteiger partial charge on any atom is -0.362 e. The molecular weight excluding hydrogens is 252 g/mol. The van der Waals surface area contributed by atoms with Crippen molar-refractivity contribution in [1.82, 2.24) is 5.32 Å². The quantitative estimate of drug-likeness (QED) is 0.814. The highest BCUT2D eigenvalue weighted by Gasteiger charge is 2.17. The Morgan fingerprint density at radius 1 is 1.21 bits per heavy atom. The van der Waals surface area contributed by atoms with Gasteiger partial charge in [0.2, 0.25) is 0 Å². The minimum atomic E-state index is 0.196. The van der Waals surface area contributed by atoms with Gasteiger partial charge in [0.15, 0.2) is 5.11 Å². The van der Waals surface area contributed by atoms with Gasteiger partial charge in [0.1, 0.15) is 0 Å². The molecule has 1 aromatic rings. The van der Waals surface area contributed by atoms with Gasteiger partial charge in [-0.05, 0) is 54.1 Å². The standard InChI is InChI=1S/C16H24N2S/c1-16(2,3)13-7-9-14(10-8-13)18-15(19)17-11-12-5-4-6-12/h7-10,12H,4-6,11H2,1-3H3,(H2,17,18,19). The van der Waals surface area contributed by atoms with Crippen LogP contribution in [0, 0.1) is 5.92 Å². The fourth-order valence-electron chi connectivity index (χ4n) is 2.16. The van der Waals surface area contributed by atoms with Crippen molar-refractivity contribution in [3.05, 3.63) is 29.8 Å². The van der Waals surface area contributed by atoms with Gasteiger partial charge in [-0.25, -0.2) is 0 Å². The van der Waals surface area contributed by atoms with Crippen molar-refractivity contribution in [1.29, 1.82) is 0 Å². The summed E-state index contributed by atoms with van der Waals surface area (Å²) in [5, 5.41) is 7.27. The van der Waals surface area contributed by atoms with Gasteiger partial charge >= 0.3 is 0 Å². The number of hydrogen-bond donors (Lipinski definition) is 2. The van der Waals surface area contributed by atoms with E-state index in [1.54, 1.807) is 0 Å². The van der Waals surface area contributed by atoms with Crippen LogP contribution in [0.25, 0.3) is 0 Å². The van der Waals surface area contributed by atoms with Crippen LogP contribution in [0.1, 0.15) is 45.6 Å². The lowest BCUT2D eigenvalue weighted by Crippen LogP contribution is -2.34. The van der Waals surface area contributed by atoms with E-state index in [9.17, 15) is 0 Å². The Hall–Kier alpha value is -1.09. The average Bonchev–Trinajstić information content (AvgIpc) is 2.26. The summed E-state index contributed by atoms with van der Waals surface area (Å²) in [5.41, 5.74) is 2.59. The molecule has 104 valence electrons. The Morgan fingerprint density at radius 2 is 1.84 bits per heavy atom. The van der Waals surface area contributed by atoms with Crippen molar-refractivity contribution < 1.29 is 0 Å². The molecule has 0 spiro atoms. The molecular formula is C16H24N2S. The fourth-order valence-corrected chi connectivity index (χ4v) is 2.36. The molecule has 0 amide bonds. The molecule has 1 aromatic carbocycles. The highest BCUT2D eigenvalue weighted by atomic mass is 32.1. The first-order valence-electron chi connectivity index (χ1n) is 7.10. The first kappa shape index (κ1) is 14.3. The zero-order valence-corrected chi connectivity index (χ0v) is 12.9. The summed E-state index contributed by atoms with van der Waals surface area (Å²) in [6.45, 7) is 7.67. The summed E-state index contributed by atoms with van der Waals surface area (Å²) in [5.74, 6) is 0.822. The van der Waals surface area contributed by atoms with Crippen LogP contribution in [0.3, 0.4) is 0 Å². The maximum absolute atomic E-state index is 5.31. The normalized spacial score (nSPS) is 15.7. The maximum atomic E-state index is 5.31. The third kappa shape index (κ3) is 4.20. The summed E-state index contributed by atoms with van der Waals surface area (Å²) < 4.78 is 0. The average molecular weight is 276 g/mol. The molecule has 1 aliphatic carbocycles. The van der Waals surface area contributed by atoms with Gasteiger partial charge in [0, 0.05) is 12.2 Å². The highest BCUT2D eigenvalue weighted by Crippen LogP contribution is 2.25. The largest absolute Gasteiger partial charge is 0.362 e. The molecule has 0 heterocycles. The zero-order valence-electron chi connectivity index (χ0n) is 12.1. The van der Waals surface area contributed by atoms with E-state index in [2.05, 4.69) is 55.7 Å². The van der Waals surface area contributed by atoms with E-state index in [0.29, 0.717) is 0 Å². The van der Waals surface area contributed by atoms with Crippen molar-refractivity contribution in [3.8, 4) is 0 Å². The van der Waals surface area contributed by atoms with Crippen LogP contribution in [0.2, 0.25) is 0 Å². The van der Waals surface area contributed by atoms with Crippen molar-refractivity contribution in [3.63, 3.8) is 0 Å². The molecule has 0 radical (unpaired) electrons. The van der Waals surface area contributed by atoms with E-state index in [-0.39, 0.29) is 5.41 Å². The van der Waals surface area contributed by atoms with Gasteiger partial charge in [0.05, 0.1) is 0 Å². The molecule has 0 aromatic heterocycles. The first-order valence-corrected chi connectivity index (χ1v) is 7.51. The molecule has 0 aliphatic heterocycles. The Bertz CT molecular complexity index is 427. The fraction of sp³-hybridized carbons (Fsp3) is 0.562. The molecule has 3 heteroatoms. The summed E-state index contributed by atoms with van der Waals surface area (Å²) in [6.07, 6.45) is 4.06. The molecule has 0 saturated heterocycles. The van der Waals surface area contributed by atoms with Crippen LogP contribution in [0.4, 0.5) is 5.69 Å². The first-order chi connectivity index (χ1) is 8.95. The van der Waals surface area contributed by atoms with E-state index in [1.165, 1.54) is 24.8 Å². The van der Waals surface area contributed by atoms with Gasteiger partial charge in [-0.15, -0.1) is 0 Å². The predicted molar refractivity (Wildman–Crippen MR) is 86.7 cm³/mol. The smallest absolute Gasteiger partial charge is 0.170 e. The molecule has 1 aliphatic rings. The van der Waals surface area contributed by atoms with Crippen LogP contribution in [0.5, 0.6) is 0 Å². The number of hydrogen-bond acceptors (Lipinski definition) is 1. The second-order valence-electron chi connectivity index (χ2n) is 6.46. The van der Waals surface area contributed by atoms with Gasteiger partial charge in [0.25, 0.3) is 0 Å². The lowest BCUT2D eigenvalue weighted by molar-refractivity contribution is 0.316. The molecule has 1 saturated carbocycles. The summed E-state index contributed by atoms with van der Waals surface area (Å²) in [7, 11) is 0. The lowest BCUT2D eigenvalue weighted by Gasteiger charge is -2.26. The number of anilines is 1. The predicted octanol–water partition coefficient (Wildman–Crippen LogP) is 4.07. The van der Waals surface area contributed by atoms with E-state index in [1.807, 2.05) is 0 Å². The number of nitrogens with one attached hydrogen (secondary N) is 2. The van der Waals surface area contributed by atoms with E-state index in [4.69, 9.17) is 12.2 Å². The molecule has 1 fully saturated rings. The second kappa shape index (κ2) is 5.91. The molecule has 0 unspecified atom stereocenters. The third-order valence-electron chi connectivity index (χ3n) is 3.78. The molecule has 0 bridgehead atoms. The molecule has 2 rings (SSSR count). The van der Waals surface area contributed by atoms with Crippen LogP contribution in [-0.4, -0.2) is 11.7 Å².